The maximum absolute atomic E-state index is 3.61. The smallest absolute Gasteiger partial charge is 0.0243 e. The Bertz CT molecular complexity index is 205. The maximum Gasteiger partial charge on any atom is 0.0243 e. The summed E-state index contributed by atoms with van der Waals surface area (Å²) >= 11 is 0. The monoisotopic (exact) mass is 254 g/mol. The normalized spacial score (nSPS) is 20.8. The van der Waals surface area contributed by atoms with Gasteiger partial charge in [-0.3, -0.25) is 4.90 Å². The summed E-state index contributed by atoms with van der Waals surface area (Å²) in [7, 11) is 0. The average Bonchev–Trinajstić information content (AvgIpc) is 2.34. The van der Waals surface area contributed by atoms with Crippen LogP contribution in [-0.2, 0) is 0 Å². The van der Waals surface area contributed by atoms with Crippen molar-refractivity contribution in [3.05, 3.63) is 0 Å². The molecule has 1 aliphatic rings. The Balaban J connectivity index is 2.40. The Kier molecular flexibility index (Phi) is 7.25. The maximum atomic E-state index is 3.61. The molecule has 2 heteroatoms. The van der Waals surface area contributed by atoms with E-state index in [9.17, 15) is 0 Å². The summed E-state index contributed by atoms with van der Waals surface area (Å²) in [5.74, 6) is 2.57. The fraction of sp³-hybridized carbons (Fsp3) is 1.00. The molecule has 1 rings (SSSR count). The van der Waals surface area contributed by atoms with Crippen LogP contribution in [0.15, 0.2) is 0 Å². The number of nitrogens with zero attached hydrogens (tertiary/aromatic N) is 1. The van der Waals surface area contributed by atoms with Crippen molar-refractivity contribution in [3.63, 3.8) is 0 Å². The molecule has 1 N–H and O–H groups in total. The molecule has 1 fully saturated rings. The third-order valence-electron chi connectivity index (χ3n) is 4.54. The molecule has 1 aliphatic heterocycles. The standard InChI is InChI=1S/C16H34N2/c1-6-9-17-12-16(14(4)5)18-10-7-15(8-11-18)13(2)3/h13-17H,6-12H2,1-5H3. The zero-order chi connectivity index (χ0) is 13.5. The van der Waals surface area contributed by atoms with Crippen LogP contribution in [-0.4, -0.2) is 37.1 Å². The van der Waals surface area contributed by atoms with E-state index in [1.165, 1.54) is 32.4 Å². The lowest BCUT2D eigenvalue weighted by Crippen LogP contribution is -2.49. The molecule has 1 saturated heterocycles. The van der Waals surface area contributed by atoms with E-state index in [2.05, 4.69) is 44.8 Å². The molecular weight excluding hydrogens is 220 g/mol. The minimum absolute atomic E-state index is 0.727. The van der Waals surface area contributed by atoms with Crippen LogP contribution in [0.4, 0.5) is 0 Å². The largest absolute Gasteiger partial charge is 0.315 e. The number of hydrogen-bond acceptors (Lipinski definition) is 2. The van der Waals surface area contributed by atoms with Crippen LogP contribution < -0.4 is 5.32 Å². The van der Waals surface area contributed by atoms with E-state index >= 15 is 0 Å². The van der Waals surface area contributed by atoms with Crippen LogP contribution in [0.25, 0.3) is 0 Å². The van der Waals surface area contributed by atoms with E-state index in [0.29, 0.717) is 0 Å². The third-order valence-corrected chi connectivity index (χ3v) is 4.54. The van der Waals surface area contributed by atoms with Gasteiger partial charge in [-0.15, -0.1) is 0 Å². The van der Waals surface area contributed by atoms with Crippen molar-refractivity contribution in [2.24, 2.45) is 17.8 Å². The summed E-state index contributed by atoms with van der Waals surface area (Å²) in [5, 5.41) is 3.61. The SMILES string of the molecule is CCCNCC(C(C)C)N1CCC(C(C)C)CC1. The molecule has 0 radical (unpaired) electrons. The molecule has 0 aliphatic carbocycles. The summed E-state index contributed by atoms with van der Waals surface area (Å²) < 4.78 is 0. The third kappa shape index (κ3) is 4.89. The number of nitrogens with one attached hydrogen (secondary N) is 1. The van der Waals surface area contributed by atoms with Crippen molar-refractivity contribution in [2.75, 3.05) is 26.2 Å². The van der Waals surface area contributed by atoms with Crippen molar-refractivity contribution in [3.8, 4) is 0 Å². The number of piperidine rings is 1. The van der Waals surface area contributed by atoms with Gasteiger partial charge in [0.05, 0.1) is 0 Å². The first-order valence-electron chi connectivity index (χ1n) is 8.01. The van der Waals surface area contributed by atoms with Gasteiger partial charge in [0.15, 0.2) is 0 Å². The molecule has 2 nitrogen and oxygen atoms in total. The molecular formula is C16H34N2. The first-order chi connectivity index (χ1) is 8.56. The molecule has 1 atom stereocenters. The van der Waals surface area contributed by atoms with Crippen LogP contribution in [0.1, 0.15) is 53.9 Å². The molecule has 0 amide bonds. The van der Waals surface area contributed by atoms with Crippen LogP contribution in [0.2, 0.25) is 0 Å². The minimum Gasteiger partial charge on any atom is -0.315 e. The molecule has 0 aromatic carbocycles. The highest BCUT2D eigenvalue weighted by Gasteiger charge is 2.27. The number of rotatable bonds is 7. The Morgan fingerprint density at radius 2 is 1.72 bits per heavy atom. The van der Waals surface area contributed by atoms with Gasteiger partial charge >= 0.3 is 0 Å². The van der Waals surface area contributed by atoms with Crippen LogP contribution in [0.5, 0.6) is 0 Å². The van der Waals surface area contributed by atoms with Gasteiger partial charge in [0.25, 0.3) is 0 Å². The van der Waals surface area contributed by atoms with E-state index in [4.69, 9.17) is 0 Å². The lowest BCUT2D eigenvalue weighted by Gasteiger charge is -2.40. The molecule has 0 spiro atoms. The van der Waals surface area contributed by atoms with Crippen LogP contribution >= 0.6 is 0 Å². The molecule has 0 aromatic heterocycles. The zero-order valence-electron chi connectivity index (χ0n) is 13.2. The molecule has 108 valence electrons. The lowest BCUT2D eigenvalue weighted by molar-refractivity contribution is 0.0899. The van der Waals surface area contributed by atoms with Crippen molar-refractivity contribution >= 4 is 0 Å². The Hall–Kier alpha value is -0.0800. The predicted molar refractivity (Wildman–Crippen MR) is 80.9 cm³/mol. The number of hydrogen-bond donors (Lipinski definition) is 1. The van der Waals surface area contributed by atoms with Crippen molar-refractivity contribution < 1.29 is 0 Å². The summed E-state index contributed by atoms with van der Waals surface area (Å²) in [6, 6.07) is 0.727. The minimum atomic E-state index is 0.727. The van der Waals surface area contributed by atoms with Crippen LogP contribution in [0, 0.1) is 17.8 Å². The van der Waals surface area contributed by atoms with E-state index in [1.807, 2.05) is 0 Å². The summed E-state index contributed by atoms with van der Waals surface area (Å²) in [6.07, 6.45) is 4.03. The van der Waals surface area contributed by atoms with Crippen molar-refractivity contribution in [1.29, 1.82) is 0 Å². The fourth-order valence-corrected chi connectivity index (χ4v) is 3.13. The van der Waals surface area contributed by atoms with Crippen molar-refractivity contribution in [2.45, 2.75) is 59.9 Å². The molecule has 0 aromatic rings. The van der Waals surface area contributed by atoms with Gasteiger partial charge in [0.1, 0.15) is 0 Å². The van der Waals surface area contributed by atoms with Gasteiger partial charge in [0, 0.05) is 12.6 Å². The molecule has 0 saturated carbocycles. The first-order valence-corrected chi connectivity index (χ1v) is 8.01. The zero-order valence-corrected chi connectivity index (χ0v) is 13.2. The summed E-state index contributed by atoms with van der Waals surface area (Å²) in [4.78, 5) is 2.73. The van der Waals surface area contributed by atoms with E-state index in [0.717, 1.165) is 36.9 Å². The number of likely N-dealkylation sites (tertiary alicyclic amines) is 1. The van der Waals surface area contributed by atoms with Crippen LogP contribution in [0.3, 0.4) is 0 Å². The second-order valence-corrected chi connectivity index (χ2v) is 6.63. The van der Waals surface area contributed by atoms with Gasteiger partial charge in [-0.25, -0.2) is 0 Å². The second-order valence-electron chi connectivity index (χ2n) is 6.63. The van der Waals surface area contributed by atoms with Crippen molar-refractivity contribution in [1.82, 2.24) is 10.2 Å². The predicted octanol–water partition coefficient (Wildman–Crippen LogP) is 3.38. The highest BCUT2D eigenvalue weighted by molar-refractivity contribution is 4.82. The second kappa shape index (κ2) is 8.16. The highest BCUT2D eigenvalue weighted by Crippen LogP contribution is 2.26. The van der Waals surface area contributed by atoms with Gasteiger partial charge in [-0.1, -0.05) is 34.6 Å². The molecule has 18 heavy (non-hydrogen) atoms. The summed E-state index contributed by atoms with van der Waals surface area (Å²) in [6.45, 7) is 16.7. The Labute approximate surface area is 115 Å². The Morgan fingerprint density at radius 1 is 1.11 bits per heavy atom. The topological polar surface area (TPSA) is 15.3 Å². The van der Waals surface area contributed by atoms with Gasteiger partial charge in [-0.05, 0) is 56.7 Å². The van der Waals surface area contributed by atoms with E-state index in [-0.39, 0.29) is 0 Å². The Morgan fingerprint density at radius 3 is 2.17 bits per heavy atom. The lowest BCUT2D eigenvalue weighted by atomic mass is 9.85. The quantitative estimate of drug-likeness (QED) is 0.701. The molecule has 1 heterocycles. The molecule has 1 unspecified atom stereocenters. The fourth-order valence-electron chi connectivity index (χ4n) is 3.13. The van der Waals surface area contributed by atoms with Gasteiger partial charge < -0.3 is 5.32 Å². The summed E-state index contributed by atoms with van der Waals surface area (Å²) in [5.41, 5.74) is 0. The molecule has 0 bridgehead atoms. The van der Waals surface area contributed by atoms with E-state index < -0.39 is 0 Å². The van der Waals surface area contributed by atoms with E-state index in [1.54, 1.807) is 0 Å². The van der Waals surface area contributed by atoms with Gasteiger partial charge in [-0.2, -0.15) is 0 Å². The first kappa shape index (κ1) is 16.0. The average molecular weight is 254 g/mol. The van der Waals surface area contributed by atoms with Gasteiger partial charge in [0.2, 0.25) is 0 Å². The highest BCUT2D eigenvalue weighted by atomic mass is 15.2.